The second-order valence-corrected chi connectivity index (χ2v) is 7.56. The van der Waals surface area contributed by atoms with Crippen molar-refractivity contribution in [2.75, 3.05) is 38.2 Å². The Bertz CT molecular complexity index is 399. The summed E-state index contributed by atoms with van der Waals surface area (Å²) in [6.45, 7) is 3.38. The first-order chi connectivity index (χ1) is 7.90. The zero-order valence-corrected chi connectivity index (χ0v) is 11.1. The average Bonchev–Trinajstić information content (AvgIpc) is 2.64. The molecule has 0 aromatic carbocycles. The largest absolute Gasteiger partial charge is 0.341 e. The van der Waals surface area contributed by atoms with Crippen LogP contribution in [0.5, 0.6) is 0 Å². The fourth-order valence-electron chi connectivity index (χ4n) is 2.88. The van der Waals surface area contributed by atoms with Crippen LogP contribution in [0.25, 0.3) is 0 Å². The zero-order valence-electron chi connectivity index (χ0n) is 10.2. The number of nitrogens with one attached hydrogen (secondary N) is 1. The summed E-state index contributed by atoms with van der Waals surface area (Å²) in [7, 11) is -3.21. The number of carbonyl (C=O) groups is 1. The van der Waals surface area contributed by atoms with Crippen molar-refractivity contribution in [1.29, 1.82) is 0 Å². The van der Waals surface area contributed by atoms with Gasteiger partial charge in [0.15, 0.2) is 9.84 Å². The number of carbonyl (C=O) groups excluding carboxylic acids is 1. The maximum Gasteiger partial charge on any atom is 0.237 e. The Labute approximate surface area is 102 Å². The smallest absolute Gasteiger partial charge is 0.237 e. The van der Waals surface area contributed by atoms with Crippen molar-refractivity contribution < 1.29 is 13.2 Å². The van der Waals surface area contributed by atoms with Crippen LogP contribution in [0.3, 0.4) is 0 Å². The van der Waals surface area contributed by atoms with E-state index in [1.165, 1.54) is 0 Å². The number of rotatable bonds is 2. The van der Waals surface area contributed by atoms with E-state index in [0.29, 0.717) is 13.1 Å². The molecule has 2 heterocycles. The maximum atomic E-state index is 11.9. The van der Waals surface area contributed by atoms with E-state index in [0.717, 1.165) is 38.6 Å². The highest BCUT2D eigenvalue weighted by molar-refractivity contribution is 7.91. The molecule has 1 amide bonds. The summed E-state index contributed by atoms with van der Waals surface area (Å²) in [4.78, 5) is 13.6. The molecule has 0 aromatic heterocycles. The summed E-state index contributed by atoms with van der Waals surface area (Å²) >= 11 is 0. The van der Waals surface area contributed by atoms with Crippen LogP contribution in [0.1, 0.15) is 19.3 Å². The van der Waals surface area contributed by atoms with Gasteiger partial charge in [-0.2, -0.15) is 0 Å². The third kappa shape index (κ3) is 3.19. The normalized spacial score (nSPS) is 29.8. The van der Waals surface area contributed by atoms with Crippen molar-refractivity contribution >= 4 is 15.7 Å². The highest BCUT2D eigenvalue weighted by Gasteiger charge is 2.39. The molecular formula is C11H20N2O3S. The van der Waals surface area contributed by atoms with Crippen LogP contribution < -0.4 is 5.32 Å². The molecule has 0 saturated carbocycles. The molecule has 0 aromatic rings. The Balaban J connectivity index is 2.00. The first-order valence-electron chi connectivity index (χ1n) is 6.07. The third-order valence-electron chi connectivity index (χ3n) is 3.73. The number of piperidine rings is 1. The zero-order chi connectivity index (χ0) is 12.5. The SMILES string of the molecule is CS(=O)(=O)CC(=O)N1CCC[C@]2(CCNC2)C1. The van der Waals surface area contributed by atoms with Gasteiger partial charge in [0.05, 0.1) is 0 Å². The molecule has 17 heavy (non-hydrogen) atoms. The van der Waals surface area contributed by atoms with Crippen molar-refractivity contribution in [3.8, 4) is 0 Å². The van der Waals surface area contributed by atoms with Gasteiger partial charge in [0, 0.05) is 31.3 Å². The van der Waals surface area contributed by atoms with Gasteiger partial charge < -0.3 is 10.2 Å². The lowest BCUT2D eigenvalue weighted by Gasteiger charge is -2.40. The molecule has 0 unspecified atom stereocenters. The van der Waals surface area contributed by atoms with Gasteiger partial charge in [0.1, 0.15) is 5.75 Å². The van der Waals surface area contributed by atoms with E-state index >= 15 is 0 Å². The van der Waals surface area contributed by atoms with Crippen LogP contribution in [-0.4, -0.2) is 57.4 Å². The van der Waals surface area contributed by atoms with Crippen molar-refractivity contribution in [3.63, 3.8) is 0 Å². The fraction of sp³-hybridized carbons (Fsp3) is 0.909. The molecule has 1 N–H and O–H groups in total. The van der Waals surface area contributed by atoms with Crippen LogP contribution in [0.2, 0.25) is 0 Å². The molecule has 0 aliphatic carbocycles. The number of hydrogen-bond donors (Lipinski definition) is 1. The monoisotopic (exact) mass is 260 g/mol. The highest BCUT2D eigenvalue weighted by Crippen LogP contribution is 2.35. The summed E-state index contributed by atoms with van der Waals surface area (Å²) in [5, 5.41) is 3.33. The Morgan fingerprint density at radius 1 is 1.41 bits per heavy atom. The third-order valence-corrected chi connectivity index (χ3v) is 4.50. The van der Waals surface area contributed by atoms with Crippen molar-refractivity contribution in [3.05, 3.63) is 0 Å². The molecular weight excluding hydrogens is 240 g/mol. The van der Waals surface area contributed by atoms with E-state index < -0.39 is 9.84 Å². The quantitative estimate of drug-likeness (QED) is 0.736. The van der Waals surface area contributed by atoms with Gasteiger partial charge >= 0.3 is 0 Å². The number of sulfone groups is 1. The van der Waals surface area contributed by atoms with Gasteiger partial charge in [-0.1, -0.05) is 0 Å². The summed E-state index contributed by atoms with van der Waals surface area (Å²) in [5.74, 6) is -0.588. The standard InChI is InChI=1S/C11H20N2O3S/c1-17(15,16)7-10(14)13-6-2-3-11(9-13)4-5-12-8-11/h12H,2-9H2,1H3/t11-/m1/s1. The minimum atomic E-state index is -3.21. The van der Waals surface area contributed by atoms with Gasteiger partial charge in [-0.3, -0.25) is 4.79 Å². The second-order valence-electron chi connectivity index (χ2n) is 5.42. The van der Waals surface area contributed by atoms with Crippen molar-refractivity contribution in [2.45, 2.75) is 19.3 Å². The van der Waals surface area contributed by atoms with E-state index in [4.69, 9.17) is 0 Å². The topological polar surface area (TPSA) is 66.5 Å². The van der Waals surface area contributed by atoms with Crippen LogP contribution in [-0.2, 0) is 14.6 Å². The van der Waals surface area contributed by atoms with Gasteiger partial charge in [-0.15, -0.1) is 0 Å². The maximum absolute atomic E-state index is 11.9. The van der Waals surface area contributed by atoms with E-state index in [-0.39, 0.29) is 17.1 Å². The molecule has 2 rings (SSSR count). The molecule has 0 bridgehead atoms. The summed E-state index contributed by atoms with van der Waals surface area (Å²) < 4.78 is 22.3. The Kier molecular flexibility index (Phi) is 3.45. The van der Waals surface area contributed by atoms with Crippen molar-refractivity contribution in [2.24, 2.45) is 5.41 Å². The van der Waals surface area contributed by atoms with E-state index in [1.54, 1.807) is 4.90 Å². The summed E-state index contributed by atoms with van der Waals surface area (Å²) in [6.07, 6.45) is 4.33. The number of nitrogens with zero attached hydrogens (tertiary/aromatic N) is 1. The minimum absolute atomic E-state index is 0.200. The second kappa shape index (κ2) is 4.57. The molecule has 98 valence electrons. The molecule has 2 aliphatic rings. The van der Waals surface area contributed by atoms with Crippen LogP contribution in [0.4, 0.5) is 0 Å². The molecule has 2 aliphatic heterocycles. The van der Waals surface area contributed by atoms with Crippen LogP contribution in [0.15, 0.2) is 0 Å². The fourth-order valence-corrected chi connectivity index (χ4v) is 3.51. The molecule has 1 atom stereocenters. The highest BCUT2D eigenvalue weighted by atomic mass is 32.2. The predicted molar refractivity (Wildman–Crippen MR) is 65.4 cm³/mol. The first-order valence-corrected chi connectivity index (χ1v) is 8.13. The Morgan fingerprint density at radius 2 is 2.18 bits per heavy atom. The molecule has 1 spiro atoms. The lowest BCUT2D eigenvalue weighted by molar-refractivity contribution is -0.131. The average molecular weight is 260 g/mol. The number of hydrogen-bond acceptors (Lipinski definition) is 4. The van der Waals surface area contributed by atoms with Crippen molar-refractivity contribution in [1.82, 2.24) is 10.2 Å². The predicted octanol–water partition coefficient (Wildman–Crippen LogP) is -0.367. The minimum Gasteiger partial charge on any atom is -0.341 e. The van der Waals surface area contributed by atoms with Crippen LogP contribution >= 0.6 is 0 Å². The van der Waals surface area contributed by atoms with Gasteiger partial charge in [-0.25, -0.2) is 8.42 Å². The summed E-state index contributed by atoms with van der Waals surface area (Å²) in [6, 6.07) is 0. The van der Waals surface area contributed by atoms with Crippen LogP contribution in [0, 0.1) is 5.41 Å². The molecule has 6 heteroatoms. The number of likely N-dealkylation sites (tertiary alicyclic amines) is 1. The molecule has 5 nitrogen and oxygen atoms in total. The van der Waals surface area contributed by atoms with Gasteiger partial charge in [0.2, 0.25) is 5.91 Å². The first kappa shape index (κ1) is 12.8. The molecule has 0 radical (unpaired) electrons. The van der Waals surface area contributed by atoms with E-state index in [2.05, 4.69) is 5.32 Å². The summed E-state index contributed by atoms with van der Waals surface area (Å²) in [5.41, 5.74) is 0.200. The van der Waals surface area contributed by atoms with Gasteiger partial charge in [0.25, 0.3) is 0 Å². The Hall–Kier alpha value is -0.620. The lowest BCUT2D eigenvalue weighted by atomic mass is 9.79. The molecule has 2 saturated heterocycles. The van der Waals surface area contributed by atoms with E-state index in [1.807, 2.05) is 0 Å². The van der Waals surface area contributed by atoms with Gasteiger partial charge in [-0.05, 0) is 25.8 Å². The lowest BCUT2D eigenvalue weighted by Crippen LogP contribution is -2.48. The number of amides is 1. The van der Waals surface area contributed by atoms with E-state index in [9.17, 15) is 13.2 Å². The Morgan fingerprint density at radius 3 is 2.76 bits per heavy atom. The molecule has 2 fully saturated rings.